The average molecular weight is 366 g/mol. The third kappa shape index (κ3) is 3.30. The largest absolute Gasteiger partial charge is 0.434 e. The summed E-state index contributed by atoms with van der Waals surface area (Å²) in [7, 11) is 0. The number of benzene rings is 1. The number of aliphatic hydroxyl groups excluding tert-OH is 1. The van der Waals surface area contributed by atoms with Crippen molar-refractivity contribution in [1.82, 2.24) is 19.7 Å². The average Bonchev–Trinajstić information content (AvgIpc) is 3.04. The van der Waals surface area contributed by atoms with Gasteiger partial charge in [0, 0.05) is 18.3 Å². The minimum atomic E-state index is -4.72. The normalized spacial score (nSPS) is 11.8. The van der Waals surface area contributed by atoms with Gasteiger partial charge in [-0.1, -0.05) is 0 Å². The second-order valence-corrected chi connectivity index (χ2v) is 5.43. The highest BCUT2D eigenvalue weighted by molar-refractivity contribution is 5.67. The van der Waals surface area contributed by atoms with Gasteiger partial charge in [-0.15, -0.1) is 0 Å². The Kier molecular flexibility index (Phi) is 4.73. The lowest BCUT2D eigenvalue weighted by Crippen LogP contribution is -2.14. The summed E-state index contributed by atoms with van der Waals surface area (Å²) in [5.41, 5.74) is -0.954. The highest BCUT2D eigenvalue weighted by atomic mass is 19.4. The Morgan fingerprint density at radius 3 is 2.38 bits per heavy atom. The van der Waals surface area contributed by atoms with E-state index in [0.29, 0.717) is 5.56 Å². The van der Waals surface area contributed by atoms with Crippen molar-refractivity contribution in [3.05, 3.63) is 53.6 Å². The number of hydrogen-bond acceptors (Lipinski definition) is 4. The van der Waals surface area contributed by atoms with Crippen molar-refractivity contribution in [3.8, 4) is 22.8 Å². The monoisotopic (exact) mass is 366 g/mol. The molecule has 0 aliphatic carbocycles. The number of aromatic nitrogens is 4. The van der Waals surface area contributed by atoms with Crippen molar-refractivity contribution in [2.75, 3.05) is 0 Å². The van der Waals surface area contributed by atoms with Crippen LogP contribution in [0.5, 0.6) is 0 Å². The van der Waals surface area contributed by atoms with Gasteiger partial charge in [-0.2, -0.15) is 18.3 Å². The molecule has 9 heteroatoms. The van der Waals surface area contributed by atoms with Gasteiger partial charge >= 0.3 is 6.18 Å². The predicted octanol–water partition coefficient (Wildman–Crippen LogP) is 3.68. The minimum Gasteiger partial charge on any atom is -0.392 e. The summed E-state index contributed by atoms with van der Waals surface area (Å²) in [6.07, 6.45) is -3.73. The van der Waals surface area contributed by atoms with Crippen molar-refractivity contribution >= 4 is 0 Å². The molecule has 0 bridgehead atoms. The number of pyridine rings is 1. The summed E-state index contributed by atoms with van der Waals surface area (Å²) in [5.74, 6) is -0.350. The van der Waals surface area contributed by atoms with E-state index in [1.807, 2.05) is 0 Å². The van der Waals surface area contributed by atoms with Gasteiger partial charge in [-0.25, -0.2) is 14.1 Å². The fraction of sp³-hybridized carbons (Fsp3) is 0.235. The summed E-state index contributed by atoms with van der Waals surface area (Å²) in [4.78, 5) is 7.65. The second kappa shape index (κ2) is 6.83. The Hall–Kier alpha value is -2.81. The summed E-state index contributed by atoms with van der Waals surface area (Å²) in [6.45, 7) is 1.35. The summed E-state index contributed by atoms with van der Waals surface area (Å²) >= 11 is 0. The maximum atomic E-state index is 13.4. The Morgan fingerprint density at radius 2 is 1.81 bits per heavy atom. The first-order valence-corrected chi connectivity index (χ1v) is 7.72. The van der Waals surface area contributed by atoms with Crippen LogP contribution in [0.25, 0.3) is 22.8 Å². The van der Waals surface area contributed by atoms with Crippen LogP contribution in [0.1, 0.15) is 18.2 Å². The van der Waals surface area contributed by atoms with Crippen molar-refractivity contribution < 1.29 is 22.7 Å². The van der Waals surface area contributed by atoms with Crippen LogP contribution in [-0.2, 0) is 19.3 Å². The van der Waals surface area contributed by atoms with Crippen LogP contribution in [0.15, 0.2) is 36.5 Å². The maximum Gasteiger partial charge on any atom is 0.434 e. The molecular weight excluding hydrogens is 352 g/mol. The van der Waals surface area contributed by atoms with Crippen molar-refractivity contribution in [1.29, 1.82) is 0 Å². The zero-order valence-corrected chi connectivity index (χ0v) is 13.6. The Balaban J connectivity index is 2.23. The van der Waals surface area contributed by atoms with Gasteiger partial charge in [0.15, 0.2) is 17.3 Å². The number of halogens is 4. The molecule has 0 spiro atoms. The zero-order valence-electron chi connectivity index (χ0n) is 13.6. The molecule has 0 amide bonds. The van der Waals surface area contributed by atoms with Crippen LogP contribution in [-0.4, -0.2) is 24.9 Å². The van der Waals surface area contributed by atoms with E-state index in [1.165, 1.54) is 35.0 Å². The molecule has 0 aliphatic rings. The highest BCUT2D eigenvalue weighted by Crippen LogP contribution is 2.37. The van der Waals surface area contributed by atoms with E-state index in [4.69, 9.17) is 0 Å². The van der Waals surface area contributed by atoms with E-state index in [2.05, 4.69) is 15.1 Å². The van der Waals surface area contributed by atoms with Gasteiger partial charge in [-0.05, 0) is 42.8 Å². The van der Waals surface area contributed by atoms with E-state index in [1.54, 1.807) is 6.92 Å². The molecule has 0 atom stereocenters. The predicted molar refractivity (Wildman–Crippen MR) is 85.2 cm³/mol. The smallest absolute Gasteiger partial charge is 0.392 e. The number of aliphatic hydroxyl groups is 1. The highest BCUT2D eigenvalue weighted by Gasteiger charge is 2.38. The lowest BCUT2D eigenvalue weighted by Gasteiger charge is -2.14. The molecule has 26 heavy (non-hydrogen) atoms. The first-order chi connectivity index (χ1) is 12.3. The fourth-order valence-electron chi connectivity index (χ4n) is 2.57. The molecule has 136 valence electrons. The van der Waals surface area contributed by atoms with Gasteiger partial charge in [0.2, 0.25) is 0 Å². The van der Waals surface area contributed by atoms with E-state index >= 15 is 0 Å². The van der Waals surface area contributed by atoms with Gasteiger partial charge in [-0.3, -0.25) is 4.98 Å². The molecule has 1 aromatic carbocycles. The molecule has 0 aliphatic heterocycles. The molecule has 3 rings (SSSR count). The van der Waals surface area contributed by atoms with E-state index in [9.17, 15) is 22.7 Å². The van der Waals surface area contributed by atoms with Crippen LogP contribution in [0.4, 0.5) is 17.6 Å². The number of hydrogen-bond donors (Lipinski definition) is 1. The Labute approximate surface area is 146 Å². The summed E-state index contributed by atoms with van der Waals surface area (Å²) < 4.78 is 54.6. The van der Waals surface area contributed by atoms with Crippen LogP contribution in [0, 0.1) is 5.82 Å². The first kappa shape index (κ1) is 18.0. The van der Waals surface area contributed by atoms with Gasteiger partial charge < -0.3 is 5.11 Å². The fourth-order valence-corrected chi connectivity index (χ4v) is 2.57. The van der Waals surface area contributed by atoms with Crippen LogP contribution in [0.3, 0.4) is 0 Å². The van der Waals surface area contributed by atoms with Crippen molar-refractivity contribution in [3.63, 3.8) is 0 Å². The first-order valence-electron chi connectivity index (χ1n) is 7.72. The third-order valence-electron chi connectivity index (χ3n) is 3.77. The van der Waals surface area contributed by atoms with Gasteiger partial charge in [0.25, 0.3) is 0 Å². The summed E-state index contributed by atoms with van der Waals surface area (Å²) in [5, 5.41) is 13.7. The molecule has 0 fully saturated rings. The number of aryl methyl sites for hydroxylation is 1. The molecule has 3 aromatic rings. The lowest BCUT2D eigenvalue weighted by molar-refractivity contribution is -0.140. The zero-order chi connectivity index (χ0) is 18.9. The number of nitrogens with zero attached hydrogens (tertiary/aromatic N) is 4. The van der Waals surface area contributed by atoms with Crippen molar-refractivity contribution in [2.24, 2.45) is 0 Å². The third-order valence-corrected chi connectivity index (χ3v) is 3.77. The molecule has 1 N–H and O–H groups in total. The Bertz CT molecular complexity index is 920. The molecule has 5 nitrogen and oxygen atoms in total. The maximum absolute atomic E-state index is 13.4. The second-order valence-electron chi connectivity index (χ2n) is 5.43. The van der Waals surface area contributed by atoms with Gasteiger partial charge in [0.05, 0.1) is 12.2 Å². The van der Waals surface area contributed by atoms with Crippen LogP contribution in [0.2, 0.25) is 0 Å². The molecule has 0 saturated heterocycles. The van der Waals surface area contributed by atoms with Crippen LogP contribution >= 0.6 is 0 Å². The lowest BCUT2D eigenvalue weighted by atomic mass is 10.1. The molecule has 2 aromatic heterocycles. The van der Waals surface area contributed by atoms with Crippen molar-refractivity contribution in [2.45, 2.75) is 26.3 Å². The quantitative estimate of drug-likeness (QED) is 0.716. The van der Waals surface area contributed by atoms with E-state index in [0.717, 1.165) is 6.20 Å². The molecular formula is C17H14F4N4O. The Morgan fingerprint density at radius 1 is 1.12 bits per heavy atom. The number of rotatable bonds is 4. The molecule has 0 saturated carbocycles. The summed E-state index contributed by atoms with van der Waals surface area (Å²) in [6, 6.07) is 6.61. The van der Waals surface area contributed by atoms with E-state index in [-0.39, 0.29) is 29.3 Å². The topological polar surface area (TPSA) is 63.8 Å². The SMILES string of the molecule is CCn1nc(-c2ccc(F)cc2)nc1-c1c(CO)ccnc1C(F)(F)F. The molecule has 0 radical (unpaired) electrons. The number of alkyl halides is 3. The van der Waals surface area contributed by atoms with Crippen LogP contribution < -0.4 is 0 Å². The van der Waals surface area contributed by atoms with Gasteiger partial charge in [0.1, 0.15) is 5.82 Å². The molecule has 0 unspecified atom stereocenters. The van der Waals surface area contributed by atoms with E-state index < -0.39 is 24.3 Å². The standard InChI is InChI=1S/C17H14F4N4O/c1-2-25-16(23-15(24-25)10-3-5-12(18)6-4-10)13-11(9-26)7-8-22-14(13)17(19,20)21/h3-8,26H,2,9H2,1H3. The minimum absolute atomic E-state index is 0.0417. The molecule has 2 heterocycles.